The highest BCUT2D eigenvalue weighted by molar-refractivity contribution is 6.31. The Morgan fingerprint density at radius 3 is 2.44 bits per heavy atom. The normalized spacial score (nSPS) is 11.5. The average Bonchev–Trinajstić information content (AvgIpc) is 2.84. The molecular formula is C26H20ClFN4O2. The van der Waals surface area contributed by atoms with Crippen LogP contribution in [0.3, 0.4) is 0 Å². The first kappa shape index (κ1) is 23.1. The number of hydrogen-bond acceptors (Lipinski definition) is 4. The van der Waals surface area contributed by atoms with Gasteiger partial charge in [0.1, 0.15) is 17.6 Å². The number of rotatable bonds is 6. The molecule has 0 spiro atoms. The quantitative estimate of drug-likeness (QED) is 0.394. The zero-order valence-corrected chi connectivity index (χ0v) is 18.9. The van der Waals surface area contributed by atoms with E-state index in [2.05, 4.69) is 15.3 Å². The summed E-state index contributed by atoms with van der Waals surface area (Å²) in [4.78, 5) is 36.9. The van der Waals surface area contributed by atoms with Gasteiger partial charge in [-0.15, -0.1) is 0 Å². The fourth-order valence-corrected chi connectivity index (χ4v) is 3.76. The van der Waals surface area contributed by atoms with E-state index in [1.807, 2.05) is 19.1 Å². The summed E-state index contributed by atoms with van der Waals surface area (Å²) in [5.74, 6) is -1.44. The molecule has 1 heterocycles. The molecule has 34 heavy (non-hydrogen) atoms. The Morgan fingerprint density at radius 1 is 1.00 bits per heavy atom. The molecule has 8 heteroatoms. The van der Waals surface area contributed by atoms with E-state index in [0.29, 0.717) is 22.0 Å². The number of anilines is 2. The van der Waals surface area contributed by atoms with E-state index in [1.165, 1.54) is 47.8 Å². The Balaban J connectivity index is 1.87. The van der Waals surface area contributed by atoms with Gasteiger partial charge in [0.15, 0.2) is 0 Å². The van der Waals surface area contributed by atoms with Gasteiger partial charge < -0.3 is 5.32 Å². The summed E-state index contributed by atoms with van der Waals surface area (Å²) >= 11 is 6.24. The Morgan fingerprint density at radius 2 is 1.76 bits per heavy atom. The number of nitrogens with zero attached hydrogens (tertiary/aromatic N) is 3. The lowest BCUT2D eigenvalue weighted by Crippen LogP contribution is -2.42. The Bertz CT molecular complexity index is 1320. The number of nitrogens with one attached hydrogen (secondary N) is 1. The van der Waals surface area contributed by atoms with Crippen molar-refractivity contribution in [2.24, 2.45) is 0 Å². The van der Waals surface area contributed by atoms with Crippen molar-refractivity contribution in [3.8, 4) is 0 Å². The van der Waals surface area contributed by atoms with E-state index < -0.39 is 23.7 Å². The topological polar surface area (TPSA) is 75.2 Å². The maximum absolute atomic E-state index is 13.7. The van der Waals surface area contributed by atoms with Gasteiger partial charge in [0.25, 0.3) is 11.8 Å². The molecule has 0 aliphatic carbocycles. The summed E-state index contributed by atoms with van der Waals surface area (Å²) in [6, 6.07) is 18.3. The SMILES string of the molecule is Cc1ccccc1[C@@H](C(=O)Nc1ccc(F)cc1)N(C(=O)c1cnccn1)c1cccc(Cl)c1. The van der Waals surface area contributed by atoms with Crippen LogP contribution in [0.1, 0.15) is 27.7 Å². The van der Waals surface area contributed by atoms with Crippen LogP contribution in [0.2, 0.25) is 5.02 Å². The zero-order valence-electron chi connectivity index (χ0n) is 18.2. The molecule has 4 rings (SSSR count). The van der Waals surface area contributed by atoms with E-state index in [4.69, 9.17) is 11.6 Å². The lowest BCUT2D eigenvalue weighted by molar-refractivity contribution is -0.117. The third-order valence-corrected chi connectivity index (χ3v) is 5.42. The number of carbonyl (C=O) groups is 2. The zero-order chi connectivity index (χ0) is 24.1. The Hall–Kier alpha value is -4.10. The van der Waals surface area contributed by atoms with E-state index in [-0.39, 0.29) is 5.69 Å². The second-order valence-corrected chi connectivity index (χ2v) is 7.94. The highest BCUT2D eigenvalue weighted by atomic mass is 35.5. The van der Waals surface area contributed by atoms with Gasteiger partial charge in [-0.05, 0) is 60.5 Å². The molecule has 1 aromatic heterocycles. The molecule has 0 aliphatic rings. The molecule has 0 unspecified atom stereocenters. The molecule has 0 radical (unpaired) electrons. The maximum atomic E-state index is 13.7. The van der Waals surface area contributed by atoms with Crippen LogP contribution in [0.15, 0.2) is 91.4 Å². The molecule has 0 saturated carbocycles. The minimum Gasteiger partial charge on any atom is -0.324 e. The maximum Gasteiger partial charge on any atom is 0.279 e. The van der Waals surface area contributed by atoms with Crippen LogP contribution >= 0.6 is 11.6 Å². The highest BCUT2D eigenvalue weighted by Crippen LogP contribution is 2.33. The smallest absolute Gasteiger partial charge is 0.279 e. The fourth-order valence-electron chi connectivity index (χ4n) is 3.58. The Kier molecular flexibility index (Phi) is 6.94. The number of benzene rings is 3. The number of aryl methyl sites for hydroxylation is 1. The molecule has 1 atom stereocenters. The van der Waals surface area contributed by atoms with Gasteiger partial charge >= 0.3 is 0 Å². The van der Waals surface area contributed by atoms with Crippen LogP contribution in [-0.4, -0.2) is 21.8 Å². The molecule has 4 aromatic rings. The number of hydrogen-bond donors (Lipinski definition) is 1. The van der Waals surface area contributed by atoms with Crippen LogP contribution in [-0.2, 0) is 4.79 Å². The molecule has 2 amide bonds. The standard InChI is InChI=1S/C26H20ClFN4O2/c1-17-5-2-3-8-22(17)24(25(33)31-20-11-9-19(28)10-12-20)32(21-7-4-6-18(27)15-21)26(34)23-16-29-13-14-30-23/h2-16,24H,1H3,(H,31,33)/t24-/m0/s1. The van der Waals surface area contributed by atoms with Crippen molar-refractivity contribution in [3.63, 3.8) is 0 Å². The van der Waals surface area contributed by atoms with Crippen molar-refractivity contribution in [2.45, 2.75) is 13.0 Å². The van der Waals surface area contributed by atoms with Gasteiger partial charge in [-0.25, -0.2) is 9.37 Å². The molecular weight excluding hydrogens is 455 g/mol. The van der Waals surface area contributed by atoms with Crippen LogP contribution in [0.5, 0.6) is 0 Å². The average molecular weight is 475 g/mol. The van der Waals surface area contributed by atoms with Gasteiger partial charge in [-0.2, -0.15) is 0 Å². The highest BCUT2D eigenvalue weighted by Gasteiger charge is 2.35. The van der Waals surface area contributed by atoms with Gasteiger partial charge in [0, 0.05) is 28.8 Å². The number of aromatic nitrogens is 2. The first-order valence-electron chi connectivity index (χ1n) is 10.4. The lowest BCUT2D eigenvalue weighted by atomic mass is 9.97. The molecule has 1 N–H and O–H groups in total. The molecule has 0 saturated heterocycles. The summed E-state index contributed by atoms with van der Waals surface area (Å²) in [5.41, 5.74) is 2.28. The first-order chi connectivity index (χ1) is 16.4. The monoisotopic (exact) mass is 474 g/mol. The van der Waals surface area contributed by atoms with Crippen molar-refractivity contribution in [1.82, 2.24) is 9.97 Å². The fraction of sp³-hybridized carbons (Fsp3) is 0.0769. The second kappa shape index (κ2) is 10.2. The van der Waals surface area contributed by atoms with Gasteiger partial charge in [0.05, 0.1) is 6.20 Å². The summed E-state index contributed by atoms with van der Waals surface area (Å²) in [6.45, 7) is 1.86. The third-order valence-electron chi connectivity index (χ3n) is 5.19. The van der Waals surface area contributed by atoms with Gasteiger partial charge in [-0.3, -0.25) is 19.5 Å². The van der Waals surface area contributed by atoms with Crippen molar-refractivity contribution in [2.75, 3.05) is 10.2 Å². The molecule has 0 bridgehead atoms. The van der Waals surface area contributed by atoms with E-state index >= 15 is 0 Å². The summed E-state index contributed by atoms with van der Waals surface area (Å²) < 4.78 is 13.4. The minimum absolute atomic E-state index is 0.0654. The van der Waals surface area contributed by atoms with Gasteiger partial charge in [-0.1, -0.05) is 41.9 Å². The van der Waals surface area contributed by atoms with E-state index in [9.17, 15) is 14.0 Å². The molecule has 6 nitrogen and oxygen atoms in total. The number of halogens is 2. The van der Waals surface area contributed by atoms with Crippen LogP contribution in [0.4, 0.5) is 15.8 Å². The molecule has 3 aromatic carbocycles. The summed E-state index contributed by atoms with van der Waals surface area (Å²) in [5, 5.41) is 3.20. The second-order valence-electron chi connectivity index (χ2n) is 7.50. The largest absolute Gasteiger partial charge is 0.324 e. The van der Waals surface area contributed by atoms with Crippen molar-refractivity contribution < 1.29 is 14.0 Å². The lowest BCUT2D eigenvalue weighted by Gasteiger charge is -2.32. The summed E-state index contributed by atoms with van der Waals surface area (Å²) in [6.07, 6.45) is 4.21. The van der Waals surface area contributed by atoms with Crippen LogP contribution in [0.25, 0.3) is 0 Å². The molecule has 0 aliphatic heterocycles. The van der Waals surface area contributed by atoms with Crippen molar-refractivity contribution >= 4 is 34.8 Å². The molecule has 0 fully saturated rings. The molecule has 170 valence electrons. The Labute approximate surface area is 201 Å². The third kappa shape index (κ3) is 5.10. The van der Waals surface area contributed by atoms with Crippen molar-refractivity contribution in [3.05, 3.63) is 119 Å². The van der Waals surface area contributed by atoms with Crippen LogP contribution < -0.4 is 10.2 Å². The van der Waals surface area contributed by atoms with Crippen LogP contribution in [0, 0.1) is 12.7 Å². The van der Waals surface area contributed by atoms with E-state index in [0.717, 1.165) is 5.56 Å². The predicted octanol–water partition coefficient (Wildman–Crippen LogP) is 5.60. The van der Waals surface area contributed by atoms with Crippen molar-refractivity contribution in [1.29, 1.82) is 0 Å². The number of carbonyl (C=O) groups excluding carboxylic acids is 2. The minimum atomic E-state index is -1.08. The summed E-state index contributed by atoms with van der Waals surface area (Å²) in [7, 11) is 0. The first-order valence-corrected chi connectivity index (χ1v) is 10.8. The van der Waals surface area contributed by atoms with Gasteiger partial charge in [0.2, 0.25) is 0 Å². The number of amides is 2. The predicted molar refractivity (Wildman–Crippen MR) is 129 cm³/mol. The van der Waals surface area contributed by atoms with E-state index in [1.54, 1.807) is 36.4 Å².